The van der Waals surface area contributed by atoms with Crippen molar-refractivity contribution in [1.82, 2.24) is 44.5 Å². The van der Waals surface area contributed by atoms with Gasteiger partial charge in [-0.1, -0.05) is 7.92 Å². The van der Waals surface area contributed by atoms with Crippen LogP contribution < -0.4 is 25.6 Å². The number of hydrogen-bond donors (Lipinski definition) is 2. The van der Waals surface area contributed by atoms with Crippen molar-refractivity contribution in [3.05, 3.63) is 53.7 Å². The molecule has 2 fully saturated rings. The molecule has 4 aromatic heterocycles. The Kier molecular flexibility index (Phi) is 8.93. The zero-order chi connectivity index (χ0) is 32.7. The molecule has 2 aliphatic rings. The lowest BCUT2D eigenvalue weighted by Gasteiger charge is -2.47. The molecule has 0 unspecified atom stereocenters. The Balaban J connectivity index is 1.19. The van der Waals surface area contributed by atoms with Crippen LogP contribution in [0.2, 0.25) is 0 Å². The number of piperazine rings is 1. The minimum absolute atomic E-state index is 0.400. The Hall–Kier alpha value is -3.97. The van der Waals surface area contributed by atoms with Gasteiger partial charge in [0.2, 0.25) is 11.8 Å². The van der Waals surface area contributed by atoms with E-state index >= 15 is 0 Å². The highest BCUT2D eigenvalue weighted by Crippen LogP contribution is 2.39. The first kappa shape index (κ1) is 31.6. The molecule has 244 valence electrons. The molecule has 0 spiro atoms. The number of rotatable bonds is 9. The lowest BCUT2D eigenvalue weighted by Crippen LogP contribution is -2.62. The largest absolute Gasteiger partial charge is 0.479 e. The first-order valence-electron chi connectivity index (χ1n) is 15.5. The van der Waals surface area contributed by atoms with E-state index in [0.717, 1.165) is 82.7 Å². The first-order valence-corrected chi connectivity index (χ1v) is 18.5. The average Bonchev–Trinajstić information content (AvgIpc) is 3.50. The van der Waals surface area contributed by atoms with Gasteiger partial charge < -0.3 is 25.2 Å². The number of likely N-dealkylation sites (N-methyl/N-ethyl adjacent to an activating group) is 1. The van der Waals surface area contributed by atoms with Crippen LogP contribution in [0.25, 0.3) is 22.2 Å². The van der Waals surface area contributed by atoms with Gasteiger partial charge >= 0.3 is 0 Å². The second kappa shape index (κ2) is 13.3. The molecular weight excluding hydrogens is 679 g/mol. The fraction of sp³-hybridized carbons (Fsp3) is 0.375. The van der Waals surface area contributed by atoms with Crippen LogP contribution in [0.1, 0.15) is 0 Å². The smallest absolute Gasteiger partial charge is 0.239 e. The third-order valence-corrected chi connectivity index (χ3v) is 10.6. The van der Waals surface area contributed by atoms with Crippen molar-refractivity contribution < 1.29 is 4.74 Å². The van der Waals surface area contributed by atoms with Gasteiger partial charge in [-0.05, 0) is 54.5 Å². The van der Waals surface area contributed by atoms with Crippen LogP contribution in [0.4, 0.5) is 29.0 Å². The summed E-state index contributed by atoms with van der Waals surface area (Å²) in [6.07, 6.45) is 9.07. The number of benzene rings is 1. The number of pyridine rings is 1. The summed E-state index contributed by atoms with van der Waals surface area (Å²) in [5.41, 5.74) is 5.31. The lowest BCUT2D eigenvalue weighted by molar-refractivity contribution is 0.0487. The molecule has 5 aromatic rings. The van der Waals surface area contributed by atoms with Gasteiger partial charge in [0.05, 0.1) is 28.8 Å². The highest BCUT2D eigenvalue weighted by Gasteiger charge is 2.32. The topological polar surface area (TPSA) is 125 Å². The van der Waals surface area contributed by atoms with Crippen molar-refractivity contribution >= 4 is 69.1 Å². The SMILES string of the molecule is COc1nc(N2CCN(C3CN(C)C3)CC2)c(-c2cnn(C)c2)cc1Nc1ncc(Br)c(Nc2ccc3nccnc3c2P(C)C)n1. The van der Waals surface area contributed by atoms with Crippen LogP contribution in [0.5, 0.6) is 5.88 Å². The maximum absolute atomic E-state index is 5.85. The van der Waals surface area contributed by atoms with Crippen LogP contribution >= 0.6 is 23.9 Å². The van der Waals surface area contributed by atoms with Gasteiger partial charge in [0.15, 0.2) is 0 Å². The summed E-state index contributed by atoms with van der Waals surface area (Å²) in [5.74, 6) is 2.37. The number of halogens is 1. The average molecular weight is 718 g/mol. The number of anilines is 5. The third-order valence-electron chi connectivity index (χ3n) is 8.66. The van der Waals surface area contributed by atoms with E-state index in [-0.39, 0.29) is 0 Å². The highest BCUT2D eigenvalue weighted by molar-refractivity contribution is 9.10. The molecule has 0 atom stereocenters. The monoisotopic (exact) mass is 716 g/mol. The molecule has 1 aromatic carbocycles. The molecule has 0 amide bonds. The number of aromatic nitrogens is 7. The summed E-state index contributed by atoms with van der Waals surface area (Å²) >= 11 is 3.64. The Morgan fingerprint density at radius 2 is 1.72 bits per heavy atom. The van der Waals surface area contributed by atoms with E-state index in [1.807, 2.05) is 36.3 Å². The van der Waals surface area contributed by atoms with E-state index in [2.05, 4.69) is 87.8 Å². The summed E-state index contributed by atoms with van der Waals surface area (Å²) in [7, 11) is 5.25. The number of likely N-dealkylation sites (tertiary alicyclic amines) is 1. The molecule has 13 nitrogen and oxygen atoms in total. The summed E-state index contributed by atoms with van der Waals surface area (Å²) in [4.78, 5) is 30.9. The van der Waals surface area contributed by atoms with Crippen LogP contribution in [-0.4, -0.2) is 117 Å². The van der Waals surface area contributed by atoms with Gasteiger partial charge in [-0.15, -0.1) is 0 Å². The van der Waals surface area contributed by atoms with Gasteiger partial charge in [-0.3, -0.25) is 19.5 Å². The zero-order valence-electron chi connectivity index (χ0n) is 27.1. The zero-order valence-corrected chi connectivity index (χ0v) is 29.6. The number of nitrogens with zero attached hydrogens (tertiary/aromatic N) is 10. The first-order chi connectivity index (χ1) is 22.8. The molecule has 0 radical (unpaired) electrons. The van der Waals surface area contributed by atoms with E-state index in [0.29, 0.717) is 29.4 Å². The summed E-state index contributed by atoms with van der Waals surface area (Å²) in [6, 6.07) is 6.72. The van der Waals surface area contributed by atoms with Crippen molar-refractivity contribution in [1.29, 1.82) is 0 Å². The Morgan fingerprint density at radius 3 is 2.43 bits per heavy atom. The Morgan fingerprint density at radius 1 is 0.936 bits per heavy atom. The minimum atomic E-state index is -0.494. The number of hydrogen-bond acceptors (Lipinski definition) is 12. The van der Waals surface area contributed by atoms with Gasteiger partial charge in [0.1, 0.15) is 17.3 Å². The van der Waals surface area contributed by atoms with Crippen molar-refractivity contribution in [2.45, 2.75) is 6.04 Å². The molecular formula is C32H38BrN12OP. The lowest BCUT2D eigenvalue weighted by atomic mass is 10.1. The summed E-state index contributed by atoms with van der Waals surface area (Å²) < 4.78 is 8.39. The molecule has 6 heterocycles. The van der Waals surface area contributed by atoms with Crippen molar-refractivity contribution in [2.75, 3.05) is 82.3 Å². The number of fused-ring (bicyclic) bond motifs is 1. The normalized spacial score (nSPS) is 16.1. The number of ether oxygens (including phenoxy) is 1. The van der Waals surface area contributed by atoms with Gasteiger partial charge in [-0.2, -0.15) is 15.1 Å². The quantitative estimate of drug-likeness (QED) is 0.212. The van der Waals surface area contributed by atoms with E-state index in [1.165, 1.54) is 0 Å². The molecule has 2 N–H and O–H groups in total. The maximum atomic E-state index is 5.85. The van der Waals surface area contributed by atoms with E-state index in [9.17, 15) is 0 Å². The Bertz CT molecular complexity index is 1910. The maximum Gasteiger partial charge on any atom is 0.239 e. The fourth-order valence-corrected chi connectivity index (χ4v) is 7.78. The number of nitrogens with one attached hydrogen (secondary N) is 2. The van der Waals surface area contributed by atoms with Gasteiger partial charge in [-0.25, -0.2) is 4.98 Å². The minimum Gasteiger partial charge on any atom is -0.479 e. The van der Waals surface area contributed by atoms with Gasteiger partial charge in [0.25, 0.3) is 0 Å². The highest BCUT2D eigenvalue weighted by atomic mass is 79.9. The summed E-state index contributed by atoms with van der Waals surface area (Å²) in [6.45, 7) is 10.5. The van der Waals surface area contributed by atoms with E-state index in [1.54, 1.807) is 25.7 Å². The van der Waals surface area contributed by atoms with Crippen LogP contribution in [0, 0.1) is 0 Å². The second-order valence-electron chi connectivity index (χ2n) is 12.1. The second-order valence-corrected chi connectivity index (χ2v) is 15.2. The van der Waals surface area contributed by atoms with Crippen LogP contribution in [0.3, 0.4) is 0 Å². The van der Waals surface area contributed by atoms with Crippen molar-refractivity contribution in [3.63, 3.8) is 0 Å². The molecule has 2 aliphatic heterocycles. The van der Waals surface area contributed by atoms with Crippen molar-refractivity contribution in [3.8, 4) is 17.0 Å². The summed E-state index contributed by atoms with van der Waals surface area (Å²) in [5, 5.41) is 12.5. The van der Waals surface area contributed by atoms with Gasteiger partial charge in [0, 0.05) is 99.3 Å². The third kappa shape index (κ3) is 6.47. The molecule has 2 saturated heterocycles. The predicted octanol–water partition coefficient (Wildman–Crippen LogP) is 4.28. The number of methoxy groups -OCH3 is 1. The fourth-order valence-electron chi connectivity index (χ4n) is 6.28. The molecule has 7 rings (SSSR count). The van der Waals surface area contributed by atoms with Crippen LogP contribution in [0.15, 0.2) is 53.7 Å². The molecule has 47 heavy (non-hydrogen) atoms. The molecule has 15 heteroatoms. The van der Waals surface area contributed by atoms with E-state index < -0.39 is 7.92 Å². The Labute approximate surface area is 283 Å². The standard InChI is InChI=1S/C32H38BrN12OP/c1-42-18-21(19-42)44-10-12-45(13-11-44)30-22(20-15-37-43(2)17-20)14-26(31(41-30)46-3)39-32-36-16-23(33)29(40-32)38-25-7-6-24-27(28(25)47(4)5)35-9-8-34-24/h6-9,14-17,21H,10-13,18-19H2,1-5H3,(H2,36,38,39,40). The molecule has 0 saturated carbocycles. The van der Waals surface area contributed by atoms with E-state index in [4.69, 9.17) is 14.7 Å². The predicted molar refractivity (Wildman–Crippen MR) is 192 cm³/mol. The molecule has 0 bridgehead atoms. The molecule has 0 aliphatic carbocycles. The number of aryl methyl sites for hydroxylation is 1. The van der Waals surface area contributed by atoms with Crippen LogP contribution in [-0.2, 0) is 7.05 Å². The van der Waals surface area contributed by atoms with Crippen molar-refractivity contribution in [2.24, 2.45) is 7.05 Å².